The van der Waals surface area contributed by atoms with Gasteiger partial charge in [-0.25, -0.2) is 8.78 Å². The first-order valence-electron chi connectivity index (χ1n) is 5.90. The van der Waals surface area contributed by atoms with E-state index in [1.807, 2.05) is 0 Å². The molecule has 1 aromatic carbocycles. The lowest BCUT2D eigenvalue weighted by Gasteiger charge is -2.23. The number of hydrogen-bond donors (Lipinski definition) is 1. The van der Waals surface area contributed by atoms with Crippen molar-refractivity contribution < 1.29 is 18.3 Å². The Labute approximate surface area is 120 Å². The molecular weight excluding hydrogens is 288 g/mol. The van der Waals surface area contributed by atoms with Gasteiger partial charge in [-0.05, 0) is 23.8 Å². The zero-order valence-electron chi connectivity index (χ0n) is 11.0. The van der Waals surface area contributed by atoms with Crippen molar-refractivity contribution in [2.75, 3.05) is 14.2 Å². The maximum Gasteiger partial charge on any atom is 0.264 e. The van der Waals surface area contributed by atoms with Crippen molar-refractivity contribution in [3.8, 4) is 0 Å². The molecule has 1 heterocycles. The van der Waals surface area contributed by atoms with Crippen LogP contribution in [-0.2, 0) is 9.47 Å². The van der Waals surface area contributed by atoms with Crippen LogP contribution >= 0.6 is 11.6 Å². The number of nitrogens with one attached hydrogen (secondary N) is 1. The molecule has 0 radical (unpaired) electrons. The van der Waals surface area contributed by atoms with Gasteiger partial charge in [-0.3, -0.25) is 0 Å². The van der Waals surface area contributed by atoms with E-state index in [4.69, 9.17) is 21.1 Å². The van der Waals surface area contributed by atoms with Gasteiger partial charge in [0.2, 0.25) is 0 Å². The fraction of sp³-hybridized carbons (Fsp3) is 0.286. The number of alkyl halides is 2. The third kappa shape index (κ3) is 2.94. The van der Waals surface area contributed by atoms with E-state index in [1.54, 1.807) is 12.3 Å². The van der Waals surface area contributed by atoms with Crippen molar-refractivity contribution in [3.05, 3.63) is 52.4 Å². The molecule has 6 heteroatoms. The molecule has 1 aliphatic rings. The summed E-state index contributed by atoms with van der Waals surface area (Å²) in [7, 11) is 2.99. The second-order valence-electron chi connectivity index (χ2n) is 4.15. The number of benzene rings is 1. The Kier molecular flexibility index (Phi) is 4.62. The molecule has 1 aromatic rings. The van der Waals surface area contributed by atoms with Gasteiger partial charge in [-0.1, -0.05) is 17.7 Å². The number of halogens is 3. The van der Waals surface area contributed by atoms with Crippen LogP contribution in [0.4, 0.5) is 8.78 Å². The van der Waals surface area contributed by atoms with Crippen LogP contribution in [0.15, 0.2) is 36.2 Å². The molecule has 0 fully saturated rings. The lowest BCUT2D eigenvalue weighted by Crippen LogP contribution is -2.28. The van der Waals surface area contributed by atoms with Crippen LogP contribution < -0.4 is 5.32 Å². The Bertz CT molecular complexity index is 558. The van der Waals surface area contributed by atoms with E-state index in [2.05, 4.69) is 5.32 Å². The molecule has 0 amide bonds. The number of dihydropyridines is 1. The van der Waals surface area contributed by atoms with Crippen molar-refractivity contribution in [1.29, 1.82) is 0 Å². The molecular formula is C14H14ClF2NO2. The minimum atomic E-state index is -2.60. The molecule has 1 unspecified atom stereocenters. The smallest absolute Gasteiger partial charge is 0.264 e. The molecule has 2 rings (SSSR count). The van der Waals surface area contributed by atoms with E-state index in [0.717, 1.165) is 0 Å². The van der Waals surface area contributed by atoms with Crippen LogP contribution in [0.5, 0.6) is 0 Å². The Balaban J connectivity index is 2.55. The first-order valence-corrected chi connectivity index (χ1v) is 6.27. The van der Waals surface area contributed by atoms with E-state index in [1.165, 1.54) is 32.4 Å². The number of ether oxygens (including phenoxy) is 2. The van der Waals surface area contributed by atoms with Crippen molar-refractivity contribution in [2.45, 2.75) is 12.7 Å². The van der Waals surface area contributed by atoms with E-state index in [-0.39, 0.29) is 5.56 Å². The summed E-state index contributed by atoms with van der Waals surface area (Å²) in [4.78, 5) is 0. The number of methoxy groups -OCH3 is 2. The van der Waals surface area contributed by atoms with Gasteiger partial charge in [0.15, 0.2) is 0 Å². The maximum absolute atomic E-state index is 13.1. The van der Waals surface area contributed by atoms with Crippen molar-refractivity contribution in [2.24, 2.45) is 0 Å². The minimum absolute atomic E-state index is 0.0969. The van der Waals surface area contributed by atoms with Crippen LogP contribution in [0.1, 0.15) is 17.6 Å². The number of hydrogen-bond acceptors (Lipinski definition) is 3. The lowest BCUT2D eigenvalue weighted by atomic mass is 9.96. The van der Waals surface area contributed by atoms with Gasteiger partial charge in [0, 0.05) is 29.5 Å². The van der Waals surface area contributed by atoms with Crippen LogP contribution in [0.2, 0.25) is 5.02 Å². The molecule has 0 bridgehead atoms. The largest absolute Gasteiger partial charge is 0.495 e. The summed E-state index contributed by atoms with van der Waals surface area (Å²) in [6.45, 7) is 0. The molecule has 3 nitrogen and oxygen atoms in total. The summed E-state index contributed by atoms with van der Waals surface area (Å²) in [5, 5.41) is 3.31. The second kappa shape index (κ2) is 6.24. The Morgan fingerprint density at radius 2 is 2.05 bits per heavy atom. The van der Waals surface area contributed by atoms with Gasteiger partial charge < -0.3 is 14.8 Å². The van der Waals surface area contributed by atoms with Gasteiger partial charge in [0.1, 0.15) is 12.0 Å². The molecule has 0 saturated heterocycles. The predicted molar refractivity (Wildman–Crippen MR) is 73.4 cm³/mol. The van der Waals surface area contributed by atoms with Crippen molar-refractivity contribution in [3.63, 3.8) is 0 Å². The average Bonchev–Trinajstić information content (AvgIpc) is 2.46. The molecule has 1 atom stereocenters. The van der Waals surface area contributed by atoms with E-state index in [9.17, 15) is 8.78 Å². The monoisotopic (exact) mass is 301 g/mol. The van der Waals surface area contributed by atoms with Crippen LogP contribution in [-0.4, -0.2) is 20.4 Å². The normalized spacial score (nSPS) is 18.4. The lowest BCUT2D eigenvalue weighted by molar-refractivity contribution is 0.121. The summed E-state index contributed by atoms with van der Waals surface area (Å²) in [5.41, 5.74) is 0.764. The number of rotatable bonds is 4. The highest BCUT2D eigenvalue weighted by Gasteiger charge is 2.22. The molecule has 0 aromatic heterocycles. The summed E-state index contributed by atoms with van der Waals surface area (Å²) in [5.74, 6) is 0.447. The molecule has 1 aliphatic heterocycles. The van der Waals surface area contributed by atoms with Gasteiger partial charge in [0.05, 0.1) is 7.11 Å². The number of allylic oxidation sites excluding steroid dienone is 1. The van der Waals surface area contributed by atoms with E-state index < -0.39 is 12.7 Å². The van der Waals surface area contributed by atoms with Crippen molar-refractivity contribution >= 4 is 17.2 Å². The van der Waals surface area contributed by atoms with Gasteiger partial charge in [-0.2, -0.15) is 0 Å². The first-order chi connectivity index (χ1) is 9.56. The third-order valence-corrected chi connectivity index (χ3v) is 3.21. The average molecular weight is 302 g/mol. The van der Waals surface area contributed by atoms with E-state index >= 15 is 0 Å². The molecule has 1 N–H and O–H groups in total. The maximum atomic E-state index is 13.1. The molecule has 0 spiro atoms. The van der Waals surface area contributed by atoms with Crippen LogP contribution in [0, 0.1) is 0 Å². The SMILES string of the molecule is COC1=CNC(OC)C=C1c1cc(Cl)ccc1C(F)F. The zero-order chi connectivity index (χ0) is 14.7. The fourth-order valence-electron chi connectivity index (χ4n) is 2.00. The minimum Gasteiger partial charge on any atom is -0.495 e. The third-order valence-electron chi connectivity index (χ3n) is 2.98. The Hall–Kier alpha value is -1.59. The second-order valence-corrected chi connectivity index (χ2v) is 4.58. The van der Waals surface area contributed by atoms with Crippen LogP contribution in [0.3, 0.4) is 0 Å². The summed E-state index contributed by atoms with van der Waals surface area (Å²) < 4.78 is 36.7. The summed E-state index contributed by atoms with van der Waals surface area (Å²) in [6.07, 6.45) is 0.251. The van der Waals surface area contributed by atoms with Crippen LogP contribution in [0.25, 0.3) is 5.57 Å². The van der Waals surface area contributed by atoms with Gasteiger partial charge in [0.25, 0.3) is 6.43 Å². The molecule has 20 heavy (non-hydrogen) atoms. The molecule has 0 aliphatic carbocycles. The Morgan fingerprint density at radius 3 is 2.65 bits per heavy atom. The molecule has 0 saturated carbocycles. The van der Waals surface area contributed by atoms with Gasteiger partial charge >= 0.3 is 0 Å². The molecule has 108 valence electrons. The quantitative estimate of drug-likeness (QED) is 0.919. The first kappa shape index (κ1) is 14.8. The Morgan fingerprint density at radius 1 is 1.30 bits per heavy atom. The highest BCUT2D eigenvalue weighted by atomic mass is 35.5. The van der Waals surface area contributed by atoms with Crippen molar-refractivity contribution in [1.82, 2.24) is 5.32 Å². The standard InChI is InChI=1S/C14H14ClF2NO2/c1-19-12-7-18-13(20-2)6-11(12)10-5-8(15)3-4-9(10)14(16)17/h3-7,13-14,18H,1-2H3. The topological polar surface area (TPSA) is 30.5 Å². The predicted octanol–water partition coefficient (Wildman–Crippen LogP) is 3.72. The highest BCUT2D eigenvalue weighted by molar-refractivity contribution is 6.30. The van der Waals surface area contributed by atoms with Gasteiger partial charge in [-0.15, -0.1) is 0 Å². The zero-order valence-corrected chi connectivity index (χ0v) is 11.7. The van der Waals surface area contributed by atoms with E-state index in [0.29, 0.717) is 21.9 Å². The summed E-state index contributed by atoms with van der Waals surface area (Å²) >= 11 is 5.92. The summed E-state index contributed by atoms with van der Waals surface area (Å²) in [6, 6.07) is 4.26. The highest BCUT2D eigenvalue weighted by Crippen LogP contribution is 2.35. The fourth-order valence-corrected chi connectivity index (χ4v) is 2.17.